The van der Waals surface area contributed by atoms with Crippen molar-refractivity contribution in [2.45, 2.75) is 44.6 Å². The Kier molecular flexibility index (Phi) is 9.41. The number of piperazine rings is 1. The van der Waals surface area contributed by atoms with Gasteiger partial charge in [0.1, 0.15) is 16.5 Å². The van der Waals surface area contributed by atoms with Gasteiger partial charge in [-0.15, -0.1) is 0 Å². The fraction of sp³-hybridized carbons (Fsp3) is 0.433. The summed E-state index contributed by atoms with van der Waals surface area (Å²) in [5.74, 6) is -0.735. The number of rotatable bonds is 9. The van der Waals surface area contributed by atoms with Gasteiger partial charge in [0.05, 0.1) is 13.0 Å². The van der Waals surface area contributed by atoms with Crippen LogP contribution >= 0.6 is 11.3 Å². The number of halogens is 1. The Bertz CT molecular complexity index is 1280. The predicted octanol–water partition coefficient (Wildman–Crippen LogP) is 5.63. The van der Waals surface area contributed by atoms with E-state index in [9.17, 15) is 14.0 Å². The van der Waals surface area contributed by atoms with Gasteiger partial charge in [0.2, 0.25) is 5.91 Å². The zero-order chi connectivity index (χ0) is 27.9. The molecule has 0 unspecified atom stereocenters. The first-order chi connectivity index (χ1) is 19.5. The highest BCUT2D eigenvalue weighted by atomic mass is 32.1. The first kappa shape index (κ1) is 28.2. The molecule has 212 valence electrons. The van der Waals surface area contributed by atoms with Crippen LogP contribution in [0.5, 0.6) is 0 Å². The molecule has 0 bridgehead atoms. The second kappa shape index (κ2) is 13.3. The fourth-order valence-corrected chi connectivity index (χ4v) is 6.44. The number of carbonyl (C=O) groups is 2. The van der Waals surface area contributed by atoms with Crippen molar-refractivity contribution in [2.24, 2.45) is 0 Å². The number of carbonyl (C=O) groups excluding carboxylic acids is 2. The zero-order valence-electron chi connectivity index (χ0n) is 22.8. The molecule has 2 heterocycles. The van der Waals surface area contributed by atoms with Crippen LogP contribution in [0.3, 0.4) is 0 Å². The van der Waals surface area contributed by atoms with Crippen LogP contribution in [-0.4, -0.2) is 67.6 Å². The van der Waals surface area contributed by atoms with Crippen molar-refractivity contribution in [3.8, 4) is 11.3 Å². The molecule has 2 aromatic carbocycles. The maximum atomic E-state index is 13.7. The second-order valence-electron chi connectivity index (χ2n) is 10.3. The normalized spacial score (nSPS) is 16.6. The maximum Gasteiger partial charge on any atom is 0.257 e. The molecule has 1 aromatic heterocycles. The van der Waals surface area contributed by atoms with E-state index in [4.69, 9.17) is 9.72 Å². The van der Waals surface area contributed by atoms with Crippen LogP contribution in [0.1, 0.15) is 48.9 Å². The van der Waals surface area contributed by atoms with Gasteiger partial charge < -0.3 is 15.0 Å². The monoisotopic (exact) mass is 565 g/mol. The molecule has 2 aliphatic rings. The topological polar surface area (TPSA) is 86.8 Å². The van der Waals surface area contributed by atoms with Crippen molar-refractivity contribution >= 4 is 39.0 Å². The number of ether oxygens (including phenoxy) is 1. The summed E-state index contributed by atoms with van der Waals surface area (Å²) in [5, 5.41) is 7.21. The Labute approximate surface area is 238 Å². The van der Waals surface area contributed by atoms with Gasteiger partial charge in [-0.1, -0.05) is 30.6 Å². The summed E-state index contributed by atoms with van der Waals surface area (Å²) in [6.45, 7) is 4.12. The van der Waals surface area contributed by atoms with E-state index in [-0.39, 0.29) is 24.1 Å². The van der Waals surface area contributed by atoms with Crippen LogP contribution in [0.15, 0.2) is 48.5 Å². The molecule has 10 heteroatoms. The lowest BCUT2D eigenvalue weighted by Crippen LogP contribution is -2.50. The molecule has 0 atom stereocenters. The molecular weight excluding hydrogens is 529 g/mol. The van der Waals surface area contributed by atoms with Crippen molar-refractivity contribution in [2.75, 3.05) is 55.4 Å². The first-order valence-corrected chi connectivity index (χ1v) is 14.8. The Morgan fingerprint density at radius 2 is 1.68 bits per heavy atom. The van der Waals surface area contributed by atoms with E-state index < -0.39 is 0 Å². The van der Waals surface area contributed by atoms with Gasteiger partial charge in [0, 0.05) is 56.1 Å². The molecule has 5 rings (SSSR count). The average Bonchev–Trinajstić information content (AvgIpc) is 3.41. The highest BCUT2D eigenvalue weighted by Crippen LogP contribution is 2.39. The number of aromatic nitrogens is 1. The van der Waals surface area contributed by atoms with E-state index in [0.29, 0.717) is 29.0 Å². The summed E-state index contributed by atoms with van der Waals surface area (Å²) < 4.78 is 18.6. The molecule has 2 N–H and O–H groups in total. The molecule has 0 radical (unpaired) electrons. The number of nitrogens with one attached hydrogen (secondary N) is 2. The summed E-state index contributed by atoms with van der Waals surface area (Å²) in [6.07, 6.45) is 6.84. The summed E-state index contributed by atoms with van der Waals surface area (Å²) >= 11 is 1.45. The molecule has 2 fully saturated rings. The quantitative estimate of drug-likeness (QED) is 0.350. The lowest BCUT2D eigenvalue weighted by atomic mass is 9.94. The lowest BCUT2D eigenvalue weighted by molar-refractivity contribution is -0.117. The van der Waals surface area contributed by atoms with E-state index in [1.165, 1.54) is 55.6 Å². The number of benzene rings is 2. The van der Waals surface area contributed by atoms with Gasteiger partial charge in [-0.25, -0.2) is 9.37 Å². The van der Waals surface area contributed by atoms with Crippen LogP contribution in [-0.2, 0) is 9.53 Å². The summed E-state index contributed by atoms with van der Waals surface area (Å²) in [5.41, 5.74) is 2.63. The Morgan fingerprint density at radius 1 is 0.975 bits per heavy atom. The third kappa shape index (κ3) is 7.04. The second-order valence-corrected chi connectivity index (χ2v) is 11.3. The minimum atomic E-state index is -0.298. The fourth-order valence-electron chi connectivity index (χ4n) is 5.40. The van der Waals surface area contributed by atoms with Crippen LogP contribution in [0.4, 0.5) is 20.2 Å². The van der Waals surface area contributed by atoms with E-state index >= 15 is 0 Å². The van der Waals surface area contributed by atoms with Crippen LogP contribution in [0.25, 0.3) is 11.3 Å². The Morgan fingerprint density at radius 3 is 2.35 bits per heavy atom. The van der Waals surface area contributed by atoms with Crippen molar-refractivity contribution in [3.63, 3.8) is 0 Å². The van der Waals surface area contributed by atoms with Gasteiger partial charge >= 0.3 is 0 Å². The predicted molar refractivity (Wildman–Crippen MR) is 158 cm³/mol. The summed E-state index contributed by atoms with van der Waals surface area (Å²) in [4.78, 5) is 34.7. The van der Waals surface area contributed by atoms with Crippen molar-refractivity contribution in [1.29, 1.82) is 0 Å². The molecule has 3 aromatic rings. The third-order valence-electron chi connectivity index (χ3n) is 7.60. The number of hydrogen-bond donors (Lipinski definition) is 2. The zero-order valence-corrected chi connectivity index (χ0v) is 23.6. The third-order valence-corrected chi connectivity index (χ3v) is 8.64. The minimum Gasteiger partial charge on any atom is -0.384 e. The molecule has 40 heavy (non-hydrogen) atoms. The Hall–Kier alpha value is -3.34. The minimum absolute atomic E-state index is 0.151. The average molecular weight is 566 g/mol. The van der Waals surface area contributed by atoms with Crippen LogP contribution in [0, 0.1) is 5.82 Å². The van der Waals surface area contributed by atoms with E-state index in [2.05, 4.69) is 20.4 Å². The van der Waals surface area contributed by atoms with E-state index in [1.807, 2.05) is 0 Å². The molecule has 2 amide bonds. The van der Waals surface area contributed by atoms with Crippen LogP contribution in [0.2, 0.25) is 0 Å². The molecule has 1 saturated heterocycles. The standard InChI is InChI=1S/C30H36FN5O3S/c1-39-20-15-26(37)32-24-13-9-22(10-14-24)28(38)34-30-33-27(21-7-11-23(31)12-8-21)29(40-30)36-18-16-35(17-19-36)25-5-3-2-4-6-25/h7-14,25H,2-6,15-20H2,1H3,(H,32,37)(H,33,34,38). The van der Waals surface area contributed by atoms with Crippen molar-refractivity contribution in [3.05, 3.63) is 59.9 Å². The smallest absolute Gasteiger partial charge is 0.257 e. The molecule has 1 aliphatic carbocycles. The molecule has 1 saturated carbocycles. The first-order valence-electron chi connectivity index (χ1n) is 14.0. The maximum absolute atomic E-state index is 13.7. The number of anilines is 3. The number of amides is 2. The molecular formula is C30H36FN5O3S. The van der Waals surface area contributed by atoms with Gasteiger partial charge in [-0.2, -0.15) is 0 Å². The van der Waals surface area contributed by atoms with Crippen molar-refractivity contribution < 1.29 is 18.7 Å². The molecule has 0 spiro atoms. The van der Waals surface area contributed by atoms with Gasteiger partial charge in [0.15, 0.2) is 5.13 Å². The SMILES string of the molecule is COCCC(=O)Nc1ccc(C(=O)Nc2nc(-c3ccc(F)cc3)c(N3CCN(C4CCCCC4)CC3)s2)cc1. The molecule has 8 nitrogen and oxygen atoms in total. The number of methoxy groups -OCH3 is 1. The molecule has 1 aliphatic heterocycles. The van der Waals surface area contributed by atoms with E-state index in [0.717, 1.165) is 42.4 Å². The van der Waals surface area contributed by atoms with Gasteiger partial charge in [0.25, 0.3) is 5.91 Å². The summed E-state index contributed by atoms with van der Waals surface area (Å²) in [7, 11) is 1.55. The van der Waals surface area contributed by atoms with Gasteiger partial charge in [-0.3, -0.25) is 19.8 Å². The number of hydrogen-bond acceptors (Lipinski definition) is 7. The largest absolute Gasteiger partial charge is 0.384 e. The van der Waals surface area contributed by atoms with Gasteiger partial charge in [-0.05, 0) is 61.4 Å². The highest BCUT2D eigenvalue weighted by Gasteiger charge is 2.28. The number of nitrogens with zero attached hydrogens (tertiary/aromatic N) is 3. The summed E-state index contributed by atoms with van der Waals surface area (Å²) in [6, 6.07) is 13.8. The van der Waals surface area contributed by atoms with Crippen molar-refractivity contribution in [1.82, 2.24) is 9.88 Å². The van der Waals surface area contributed by atoms with E-state index in [1.54, 1.807) is 43.5 Å². The lowest BCUT2D eigenvalue weighted by Gasteiger charge is -2.41. The number of thiazole rings is 1. The Balaban J connectivity index is 1.29. The van der Waals surface area contributed by atoms with Crippen LogP contribution < -0.4 is 15.5 Å². The highest BCUT2D eigenvalue weighted by molar-refractivity contribution is 7.20.